The topological polar surface area (TPSA) is 57.6 Å². The summed E-state index contributed by atoms with van der Waals surface area (Å²) in [7, 11) is -1.31. The van der Waals surface area contributed by atoms with E-state index in [4.69, 9.17) is 0 Å². The van der Waals surface area contributed by atoms with Crippen LogP contribution < -0.4 is 4.72 Å². The minimum Gasteiger partial charge on any atom is -0.347 e. The van der Waals surface area contributed by atoms with E-state index in [1.165, 1.54) is 26.3 Å². The molecule has 2 aliphatic rings. The number of nitrogens with one attached hydrogen (secondary N) is 1. The van der Waals surface area contributed by atoms with Crippen molar-refractivity contribution in [2.24, 2.45) is 0 Å². The van der Waals surface area contributed by atoms with E-state index < -0.39 is 10.2 Å². The smallest absolute Gasteiger partial charge is 0.279 e. The monoisotopic (exact) mass is 440 g/mol. The van der Waals surface area contributed by atoms with Crippen molar-refractivity contribution in [1.82, 2.24) is 18.5 Å². The lowest BCUT2D eigenvalue weighted by Crippen LogP contribution is -2.56. The van der Waals surface area contributed by atoms with Crippen LogP contribution in [0, 0.1) is 0 Å². The highest BCUT2D eigenvalue weighted by atomic mass is 35.5. The van der Waals surface area contributed by atoms with Gasteiger partial charge in [0.15, 0.2) is 0 Å². The van der Waals surface area contributed by atoms with Gasteiger partial charge < -0.3 is 9.47 Å². The zero-order valence-corrected chi connectivity index (χ0v) is 19.4. The summed E-state index contributed by atoms with van der Waals surface area (Å²) in [5.41, 5.74) is 4.12. The van der Waals surface area contributed by atoms with E-state index in [1.54, 1.807) is 0 Å². The molecule has 1 saturated heterocycles. The van der Waals surface area contributed by atoms with Gasteiger partial charge in [0.1, 0.15) is 0 Å². The van der Waals surface area contributed by atoms with Crippen molar-refractivity contribution < 1.29 is 8.42 Å². The fourth-order valence-corrected chi connectivity index (χ4v) is 6.74. The number of hydrogen-bond donors (Lipinski definition) is 1. The number of benzene rings is 1. The summed E-state index contributed by atoms with van der Waals surface area (Å²) in [5.74, 6) is 0.354. The molecule has 3 atom stereocenters. The molecule has 0 bridgehead atoms. The molecule has 0 radical (unpaired) electrons. The predicted octanol–water partition coefficient (Wildman–Crippen LogP) is 2.97. The Morgan fingerprint density at radius 3 is 2.59 bits per heavy atom. The van der Waals surface area contributed by atoms with E-state index in [-0.39, 0.29) is 18.4 Å². The van der Waals surface area contributed by atoms with Gasteiger partial charge in [0.25, 0.3) is 10.2 Å². The Hall–Kier alpha value is -1.12. The minimum atomic E-state index is -3.44. The first-order valence-corrected chi connectivity index (χ1v) is 11.9. The number of aryl methyl sites for hydroxylation is 1. The Balaban J connectivity index is 0.00000240. The normalized spacial score (nSPS) is 24.5. The van der Waals surface area contributed by atoms with Crippen LogP contribution >= 0.6 is 12.4 Å². The Kier molecular flexibility index (Phi) is 6.65. The second-order valence-electron chi connectivity index (χ2n) is 8.14. The Labute approximate surface area is 180 Å². The first-order chi connectivity index (χ1) is 13.4. The third kappa shape index (κ3) is 3.83. The summed E-state index contributed by atoms with van der Waals surface area (Å²) in [6.45, 7) is 8.66. The summed E-state index contributed by atoms with van der Waals surface area (Å²) in [6, 6.07) is 6.97. The second-order valence-corrected chi connectivity index (χ2v) is 9.84. The summed E-state index contributed by atoms with van der Waals surface area (Å²) < 4.78 is 32.3. The van der Waals surface area contributed by atoms with Crippen LogP contribution in [0.3, 0.4) is 0 Å². The summed E-state index contributed by atoms with van der Waals surface area (Å²) in [4.78, 5) is 2.36. The highest BCUT2D eigenvalue weighted by Crippen LogP contribution is 2.43. The summed E-state index contributed by atoms with van der Waals surface area (Å²) in [5, 5.41) is 1.39. The van der Waals surface area contributed by atoms with Crippen LogP contribution in [0.1, 0.15) is 44.2 Å². The molecule has 1 aromatic heterocycles. The fraction of sp³-hybridized carbons (Fsp3) is 0.619. The van der Waals surface area contributed by atoms with Crippen LogP contribution in [-0.4, -0.2) is 61.0 Å². The highest BCUT2D eigenvalue weighted by Gasteiger charge is 2.41. The average Bonchev–Trinajstić information content (AvgIpc) is 3.02. The van der Waals surface area contributed by atoms with Gasteiger partial charge in [-0.3, -0.25) is 0 Å². The van der Waals surface area contributed by atoms with E-state index in [2.05, 4.69) is 52.6 Å². The van der Waals surface area contributed by atoms with Gasteiger partial charge in [0, 0.05) is 61.3 Å². The quantitative estimate of drug-likeness (QED) is 0.751. The van der Waals surface area contributed by atoms with Crippen LogP contribution in [0.25, 0.3) is 10.9 Å². The van der Waals surface area contributed by atoms with Crippen LogP contribution in [0.2, 0.25) is 0 Å². The maximum atomic E-state index is 12.8. The Morgan fingerprint density at radius 2 is 1.93 bits per heavy atom. The van der Waals surface area contributed by atoms with Crippen LogP contribution in [0.5, 0.6) is 0 Å². The van der Waals surface area contributed by atoms with E-state index >= 15 is 0 Å². The molecular weight excluding hydrogens is 408 g/mol. The third-order valence-corrected chi connectivity index (χ3v) is 8.45. The maximum Gasteiger partial charge on any atom is 0.279 e. The van der Waals surface area contributed by atoms with Gasteiger partial charge in [-0.2, -0.15) is 17.4 Å². The van der Waals surface area contributed by atoms with Crippen molar-refractivity contribution in [3.05, 3.63) is 35.5 Å². The largest absolute Gasteiger partial charge is 0.347 e. The predicted molar refractivity (Wildman–Crippen MR) is 121 cm³/mol. The molecule has 162 valence electrons. The van der Waals surface area contributed by atoms with Gasteiger partial charge in [-0.25, -0.2) is 0 Å². The minimum absolute atomic E-state index is 0. The molecule has 1 aromatic carbocycles. The second kappa shape index (κ2) is 8.55. The third-order valence-electron chi connectivity index (χ3n) is 6.62. The zero-order chi connectivity index (χ0) is 20.1. The fourth-order valence-electron chi connectivity index (χ4n) is 5.31. The van der Waals surface area contributed by atoms with Crippen molar-refractivity contribution in [2.75, 3.05) is 26.7 Å². The molecule has 6 nitrogen and oxygen atoms in total. The number of piperidine rings is 1. The van der Waals surface area contributed by atoms with Crippen molar-refractivity contribution in [3.63, 3.8) is 0 Å². The number of hydrogen-bond acceptors (Lipinski definition) is 3. The standard InChI is InChI=1S/C21H32N4O2S.ClH/c1-5-24-13-15-11-20-18(17-9-8-10-19(24)21(15)17)12-16(14-23(20)4)22-28(26,27)25(6-2)7-3;/h8-10,13,16,18,20,22H,5-7,11-12,14H2,1-4H3;1H/t16-,18+,20+;/m0./s1. The molecular formula is C21H33ClN4O2S. The van der Waals surface area contributed by atoms with E-state index in [1.807, 2.05) is 13.8 Å². The molecule has 8 heteroatoms. The molecule has 1 fully saturated rings. The highest BCUT2D eigenvalue weighted by molar-refractivity contribution is 7.87. The number of likely N-dealkylation sites (tertiary alicyclic amines) is 1. The summed E-state index contributed by atoms with van der Waals surface area (Å²) in [6.07, 6.45) is 4.20. The van der Waals surface area contributed by atoms with Crippen LogP contribution in [-0.2, 0) is 23.2 Å². The molecule has 2 aromatic rings. The molecule has 1 aliphatic carbocycles. The number of likely N-dealkylation sites (N-methyl/N-ethyl adjacent to an activating group) is 1. The maximum absolute atomic E-state index is 12.8. The number of nitrogens with zero attached hydrogens (tertiary/aromatic N) is 3. The molecule has 1 aliphatic heterocycles. The average molecular weight is 441 g/mol. The first kappa shape index (κ1) is 22.6. The summed E-state index contributed by atoms with van der Waals surface area (Å²) >= 11 is 0. The number of rotatable bonds is 6. The van der Waals surface area contributed by atoms with Crippen molar-refractivity contribution in [2.45, 2.75) is 58.2 Å². The van der Waals surface area contributed by atoms with Gasteiger partial charge >= 0.3 is 0 Å². The van der Waals surface area contributed by atoms with Crippen molar-refractivity contribution in [3.8, 4) is 0 Å². The van der Waals surface area contributed by atoms with E-state index in [0.717, 1.165) is 25.9 Å². The Bertz CT molecular complexity index is 970. The lowest BCUT2D eigenvalue weighted by atomic mass is 9.74. The van der Waals surface area contributed by atoms with Crippen LogP contribution in [0.15, 0.2) is 24.4 Å². The van der Waals surface area contributed by atoms with Gasteiger partial charge in [-0.1, -0.05) is 26.0 Å². The van der Waals surface area contributed by atoms with E-state index in [9.17, 15) is 8.42 Å². The Morgan fingerprint density at radius 1 is 1.21 bits per heavy atom. The molecule has 2 heterocycles. The molecule has 29 heavy (non-hydrogen) atoms. The molecule has 0 amide bonds. The molecule has 1 N–H and O–H groups in total. The van der Waals surface area contributed by atoms with Gasteiger partial charge in [0.05, 0.1) is 0 Å². The molecule has 4 rings (SSSR count). The van der Waals surface area contributed by atoms with Crippen molar-refractivity contribution >= 4 is 33.5 Å². The van der Waals surface area contributed by atoms with Crippen LogP contribution in [0.4, 0.5) is 0 Å². The number of fused-ring (bicyclic) bond motifs is 2. The first-order valence-electron chi connectivity index (χ1n) is 10.5. The van der Waals surface area contributed by atoms with Crippen molar-refractivity contribution in [1.29, 1.82) is 0 Å². The SMILES string of the molecule is CCN(CC)S(=O)(=O)N[C@H]1C[C@@H]2c3cccc4c3c(cn4CC)C[C@H]2N(C)C1.Cl. The number of aromatic nitrogens is 1. The van der Waals surface area contributed by atoms with Gasteiger partial charge in [-0.15, -0.1) is 12.4 Å². The molecule has 0 saturated carbocycles. The van der Waals surface area contributed by atoms with Gasteiger partial charge in [-0.05, 0) is 44.0 Å². The lowest BCUT2D eigenvalue weighted by Gasteiger charge is -2.45. The molecule has 0 spiro atoms. The zero-order valence-electron chi connectivity index (χ0n) is 17.8. The van der Waals surface area contributed by atoms with E-state index in [0.29, 0.717) is 25.0 Å². The van der Waals surface area contributed by atoms with Gasteiger partial charge in [0.2, 0.25) is 0 Å². The molecule has 0 unspecified atom stereocenters. The lowest BCUT2D eigenvalue weighted by molar-refractivity contribution is 0.135. The number of halogens is 1.